The highest BCUT2D eigenvalue weighted by Gasteiger charge is 2.28. The van der Waals surface area contributed by atoms with Gasteiger partial charge in [0.25, 0.3) is 0 Å². The summed E-state index contributed by atoms with van der Waals surface area (Å²) in [7, 11) is 0. The Balaban J connectivity index is 0.986. The Bertz CT molecular complexity index is 1530. The van der Waals surface area contributed by atoms with Crippen LogP contribution < -0.4 is 10.6 Å². The maximum absolute atomic E-state index is 13.0. The fourth-order valence-electron chi connectivity index (χ4n) is 6.04. The second-order valence-electron chi connectivity index (χ2n) is 11.2. The predicted octanol–water partition coefficient (Wildman–Crippen LogP) is 7.04. The van der Waals surface area contributed by atoms with Crippen LogP contribution in [0.1, 0.15) is 48.4 Å². The molecule has 7 heteroatoms. The van der Waals surface area contributed by atoms with E-state index in [9.17, 15) is 4.39 Å². The van der Waals surface area contributed by atoms with E-state index in [-0.39, 0.29) is 5.82 Å². The van der Waals surface area contributed by atoms with Gasteiger partial charge < -0.3 is 15.2 Å². The lowest BCUT2D eigenvalue weighted by molar-refractivity contribution is 0.452. The molecule has 1 unspecified atom stereocenters. The van der Waals surface area contributed by atoms with Crippen molar-refractivity contribution in [2.45, 2.75) is 44.6 Å². The second-order valence-corrected chi connectivity index (χ2v) is 12.1. The summed E-state index contributed by atoms with van der Waals surface area (Å²) in [5.74, 6) is 0.516. The molecule has 1 aliphatic rings. The molecule has 1 aliphatic carbocycles. The Labute approximate surface area is 245 Å². The highest BCUT2D eigenvalue weighted by Crippen LogP contribution is 2.40. The normalized spacial score (nSPS) is 17.0. The van der Waals surface area contributed by atoms with E-state index in [0.29, 0.717) is 12.0 Å². The van der Waals surface area contributed by atoms with E-state index in [0.717, 1.165) is 56.5 Å². The molecule has 3 aromatic heterocycles. The Kier molecular flexibility index (Phi) is 9.15. The van der Waals surface area contributed by atoms with Crippen molar-refractivity contribution in [2.75, 3.05) is 26.2 Å². The molecule has 2 atom stereocenters. The van der Waals surface area contributed by atoms with E-state index < -0.39 is 0 Å². The first-order chi connectivity index (χ1) is 20.2. The van der Waals surface area contributed by atoms with Crippen molar-refractivity contribution in [3.05, 3.63) is 107 Å². The predicted molar refractivity (Wildman–Crippen MR) is 167 cm³/mol. The molecule has 0 aliphatic heterocycles. The van der Waals surface area contributed by atoms with Crippen molar-refractivity contribution in [3.63, 3.8) is 0 Å². The highest BCUT2D eigenvalue weighted by molar-refractivity contribution is 7.13. The Morgan fingerprint density at radius 1 is 0.927 bits per heavy atom. The average molecular weight is 568 g/mol. The van der Waals surface area contributed by atoms with Crippen LogP contribution in [0.3, 0.4) is 0 Å². The fourth-order valence-corrected chi connectivity index (χ4v) is 6.98. The van der Waals surface area contributed by atoms with Crippen molar-refractivity contribution in [3.8, 4) is 10.4 Å². The van der Waals surface area contributed by atoms with E-state index in [1.54, 1.807) is 6.33 Å². The first-order valence-corrected chi connectivity index (χ1v) is 15.7. The largest absolute Gasteiger partial charge is 0.329 e. The minimum Gasteiger partial charge on any atom is -0.329 e. The fraction of sp³-hybridized carbons (Fsp3) is 0.353. The molecule has 5 aromatic rings. The molecule has 0 radical (unpaired) electrons. The molecule has 1 fully saturated rings. The number of halogens is 1. The van der Waals surface area contributed by atoms with Gasteiger partial charge >= 0.3 is 0 Å². The molecule has 0 bridgehead atoms. The van der Waals surface area contributed by atoms with Gasteiger partial charge in [0.1, 0.15) is 17.8 Å². The highest BCUT2D eigenvalue weighted by atomic mass is 32.1. The molecule has 5 nitrogen and oxygen atoms in total. The maximum atomic E-state index is 13.0. The summed E-state index contributed by atoms with van der Waals surface area (Å²) in [6, 6.07) is 20.3. The average Bonchev–Trinajstić information content (AvgIpc) is 3.75. The first kappa shape index (κ1) is 27.8. The van der Waals surface area contributed by atoms with Gasteiger partial charge in [0.15, 0.2) is 0 Å². The molecular weight excluding hydrogens is 529 g/mol. The van der Waals surface area contributed by atoms with Crippen molar-refractivity contribution in [2.24, 2.45) is 5.92 Å². The van der Waals surface area contributed by atoms with Crippen LogP contribution in [0.4, 0.5) is 4.39 Å². The molecule has 6 rings (SSSR count). The number of benzene rings is 2. The molecule has 212 valence electrons. The number of thiophene rings is 1. The summed E-state index contributed by atoms with van der Waals surface area (Å²) in [6.45, 7) is 4.01. The molecular formula is C34H38FN5S. The number of nitrogens with one attached hydrogen (secondary N) is 2. The Morgan fingerprint density at radius 3 is 2.66 bits per heavy atom. The Hall–Kier alpha value is -3.39. The zero-order valence-corrected chi connectivity index (χ0v) is 24.3. The lowest BCUT2D eigenvalue weighted by Crippen LogP contribution is -2.26. The number of hydrogen-bond donors (Lipinski definition) is 2. The van der Waals surface area contributed by atoms with E-state index in [2.05, 4.69) is 68.2 Å². The van der Waals surface area contributed by atoms with Gasteiger partial charge in [-0.05, 0) is 111 Å². The standard InChI is InChI=1S/C34H38FN5S/c35-29-10-7-25(8-11-29)13-16-36-14-4-15-37-20-27-9-12-30(18-27)40-22-32(31-21-38-24-39-34(31)40)33-19-28(23-41-33)17-26-5-2-1-3-6-26/h1-3,5-8,10-11,19,21-24,27,30,36-37H,4,9,12-18,20H2/t27-,30?/m1/s1. The van der Waals surface area contributed by atoms with Crippen LogP contribution in [0.5, 0.6) is 0 Å². The summed E-state index contributed by atoms with van der Waals surface area (Å²) in [5, 5.41) is 10.6. The van der Waals surface area contributed by atoms with Crippen molar-refractivity contribution < 1.29 is 4.39 Å². The van der Waals surface area contributed by atoms with E-state index in [1.807, 2.05) is 29.7 Å². The van der Waals surface area contributed by atoms with Crippen LogP contribution in [0.2, 0.25) is 0 Å². The SMILES string of the molecule is Fc1ccc(CCNCCCNC[C@@H]2CCC(n3cc(-c4cc(Cc5ccccc5)cs4)c4cncnc43)C2)cc1. The molecule has 0 spiro atoms. The van der Waals surface area contributed by atoms with Gasteiger partial charge in [-0.3, -0.25) is 0 Å². The van der Waals surface area contributed by atoms with Crippen LogP contribution in [0.25, 0.3) is 21.5 Å². The lowest BCUT2D eigenvalue weighted by Gasteiger charge is -2.15. The summed E-state index contributed by atoms with van der Waals surface area (Å²) in [5.41, 5.74) is 6.16. The Morgan fingerprint density at radius 2 is 1.78 bits per heavy atom. The van der Waals surface area contributed by atoms with Crippen molar-refractivity contribution in [1.82, 2.24) is 25.2 Å². The van der Waals surface area contributed by atoms with Gasteiger partial charge in [0.2, 0.25) is 0 Å². The number of fused-ring (bicyclic) bond motifs is 1. The smallest absolute Gasteiger partial charge is 0.144 e. The quantitative estimate of drug-likeness (QED) is 0.150. The van der Waals surface area contributed by atoms with E-state index in [1.165, 1.54) is 58.5 Å². The summed E-state index contributed by atoms with van der Waals surface area (Å²) < 4.78 is 15.4. The topological polar surface area (TPSA) is 54.8 Å². The van der Waals surface area contributed by atoms with Crippen LogP contribution in [-0.2, 0) is 12.8 Å². The van der Waals surface area contributed by atoms with Gasteiger partial charge in [-0.1, -0.05) is 42.5 Å². The van der Waals surface area contributed by atoms with Crippen molar-refractivity contribution >= 4 is 22.4 Å². The number of hydrogen-bond acceptors (Lipinski definition) is 5. The van der Waals surface area contributed by atoms with Gasteiger partial charge in [-0.15, -0.1) is 11.3 Å². The van der Waals surface area contributed by atoms with Crippen LogP contribution in [0.15, 0.2) is 84.8 Å². The second kappa shape index (κ2) is 13.5. The third-order valence-electron chi connectivity index (χ3n) is 8.22. The van der Waals surface area contributed by atoms with Crippen LogP contribution >= 0.6 is 11.3 Å². The van der Waals surface area contributed by atoms with Gasteiger partial charge in [-0.25, -0.2) is 14.4 Å². The van der Waals surface area contributed by atoms with Gasteiger partial charge in [0.05, 0.1) is 0 Å². The zero-order chi connectivity index (χ0) is 27.9. The summed E-state index contributed by atoms with van der Waals surface area (Å²) in [6.07, 6.45) is 12.6. The van der Waals surface area contributed by atoms with Crippen LogP contribution in [0, 0.1) is 11.7 Å². The zero-order valence-electron chi connectivity index (χ0n) is 23.4. The minimum absolute atomic E-state index is 0.173. The number of aromatic nitrogens is 3. The summed E-state index contributed by atoms with van der Waals surface area (Å²) in [4.78, 5) is 10.4. The van der Waals surface area contributed by atoms with E-state index in [4.69, 9.17) is 4.98 Å². The van der Waals surface area contributed by atoms with Gasteiger partial charge in [-0.2, -0.15) is 0 Å². The molecule has 0 saturated heterocycles. The van der Waals surface area contributed by atoms with Crippen molar-refractivity contribution in [1.29, 1.82) is 0 Å². The third-order valence-corrected chi connectivity index (χ3v) is 9.23. The minimum atomic E-state index is -0.173. The molecule has 2 N–H and O–H groups in total. The van der Waals surface area contributed by atoms with Gasteiger partial charge in [0, 0.05) is 34.3 Å². The van der Waals surface area contributed by atoms with Crippen LogP contribution in [-0.4, -0.2) is 40.7 Å². The molecule has 3 heterocycles. The third kappa shape index (κ3) is 7.10. The molecule has 1 saturated carbocycles. The number of rotatable bonds is 13. The number of nitrogens with zero attached hydrogens (tertiary/aromatic N) is 3. The molecule has 0 amide bonds. The molecule has 41 heavy (non-hydrogen) atoms. The first-order valence-electron chi connectivity index (χ1n) is 14.8. The maximum Gasteiger partial charge on any atom is 0.144 e. The monoisotopic (exact) mass is 567 g/mol. The summed E-state index contributed by atoms with van der Waals surface area (Å²) >= 11 is 1.82. The lowest BCUT2D eigenvalue weighted by atomic mass is 10.1. The van der Waals surface area contributed by atoms with E-state index >= 15 is 0 Å². The molecule has 2 aromatic carbocycles.